The Morgan fingerprint density at radius 3 is 2.89 bits per heavy atom. The molecule has 2 rings (SSSR count). The summed E-state index contributed by atoms with van der Waals surface area (Å²) in [5.74, 6) is 0. The number of aromatic nitrogens is 2. The fraction of sp³-hybridized carbons (Fsp3) is 0.500. The van der Waals surface area contributed by atoms with Crippen LogP contribution in [0.2, 0.25) is 5.02 Å². The summed E-state index contributed by atoms with van der Waals surface area (Å²) in [5.41, 5.74) is 1.25. The maximum Gasteiger partial charge on any atom is 0.0561 e. The molecule has 0 bridgehead atoms. The maximum absolute atomic E-state index is 6.26. The SMILES string of the molecule is CCCNC(Cc1cnn(CC)c1)c1sccc1Cl. The van der Waals surface area contributed by atoms with Crippen molar-refractivity contribution in [3.63, 3.8) is 0 Å². The third-order valence-corrected chi connectivity index (χ3v) is 4.52. The van der Waals surface area contributed by atoms with Gasteiger partial charge in [-0.15, -0.1) is 11.3 Å². The molecule has 2 aromatic rings. The van der Waals surface area contributed by atoms with Crippen LogP contribution in [-0.2, 0) is 13.0 Å². The Kier molecular flexibility index (Phi) is 5.43. The first kappa shape index (κ1) is 14.6. The third kappa shape index (κ3) is 3.81. The van der Waals surface area contributed by atoms with Crippen molar-refractivity contribution in [3.8, 4) is 0 Å². The van der Waals surface area contributed by atoms with Crippen molar-refractivity contribution in [1.82, 2.24) is 15.1 Å². The Labute approximate surface area is 123 Å². The summed E-state index contributed by atoms with van der Waals surface area (Å²) < 4.78 is 1.96. The molecule has 0 aromatic carbocycles. The average Bonchev–Trinajstić information content (AvgIpc) is 3.03. The maximum atomic E-state index is 6.26. The van der Waals surface area contributed by atoms with Crippen molar-refractivity contribution < 1.29 is 0 Å². The molecule has 0 aliphatic rings. The molecule has 1 unspecified atom stereocenters. The van der Waals surface area contributed by atoms with E-state index < -0.39 is 0 Å². The highest BCUT2D eigenvalue weighted by molar-refractivity contribution is 7.10. The van der Waals surface area contributed by atoms with E-state index in [0.29, 0.717) is 0 Å². The Morgan fingerprint density at radius 1 is 1.47 bits per heavy atom. The highest BCUT2D eigenvalue weighted by atomic mass is 35.5. The Bertz CT molecular complexity index is 506. The van der Waals surface area contributed by atoms with Crippen molar-refractivity contribution in [2.45, 2.75) is 39.3 Å². The number of rotatable bonds is 7. The van der Waals surface area contributed by atoms with E-state index in [9.17, 15) is 0 Å². The molecule has 3 nitrogen and oxygen atoms in total. The number of hydrogen-bond acceptors (Lipinski definition) is 3. The molecule has 0 saturated carbocycles. The molecule has 0 fully saturated rings. The zero-order valence-electron chi connectivity index (χ0n) is 11.4. The lowest BCUT2D eigenvalue weighted by atomic mass is 10.1. The van der Waals surface area contributed by atoms with Gasteiger partial charge in [0, 0.05) is 23.7 Å². The van der Waals surface area contributed by atoms with Gasteiger partial charge in [-0.1, -0.05) is 18.5 Å². The minimum absolute atomic E-state index is 0.280. The van der Waals surface area contributed by atoms with Gasteiger partial charge in [0.2, 0.25) is 0 Å². The van der Waals surface area contributed by atoms with Crippen LogP contribution in [0.15, 0.2) is 23.8 Å². The molecule has 19 heavy (non-hydrogen) atoms. The summed E-state index contributed by atoms with van der Waals surface area (Å²) in [5, 5.41) is 10.8. The summed E-state index contributed by atoms with van der Waals surface area (Å²) in [6.07, 6.45) is 6.11. The molecular weight excluding hydrogens is 278 g/mol. The van der Waals surface area contributed by atoms with Crippen LogP contribution in [0.1, 0.15) is 36.8 Å². The van der Waals surface area contributed by atoms with Crippen LogP contribution in [-0.4, -0.2) is 16.3 Å². The predicted octanol–water partition coefficient (Wildman–Crippen LogP) is 3.90. The quantitative estimate of drug-likeness (QED) is 0.840. The highest BCUT2D eigenvalue weighted by Gasteiger charge is 2.16. The number of nitrogens with zero attached hydrogens (tertiary/aromatic N) is 2. The first-order valence-corrected chi connectivity index (χ1v) is 7.98. The summed E-state index contributed by atoms with van der Waals surface area (Å²) >= 11 is 7.98. The molecule has 0 radical (unpaired) electrons. The normalized spacial score (nSPS) is 12.8. The third-order valence-electron chi connectivity index (χ3n) is 3.05. The highest BCUT2D eigenvalue weighted by Crippen LogP contribution is 2.30. The van der Waals surface area contributed by atoms with Crippen molar-refractivity contribution in [2.24, 2.45) is 0 Å². The molecule has 2 heterocycles. The standard InChI is InChI=1S/C14H20ClN3S/c1-3-6-16-13(14-12(15)5-7-19-14)8-11-9-17-18(4-2)10-11/h5,7,9-10,13,16H,3-4,6,8H2,1-2H3. The largest absolute Gasteiger partial charge is 0.309 e. The van der Waals surface area contributed by atoms with E-state index in [1.54, 1.807) is 11.3 Å². The Balaban J connectivity index is 2.11. The minimum Gasteiger partial charge on any atom is -0.309 e. The van der Waals surface area contributed by atoms with E-state index in [-0.39, 0.29) is 6.04 Å². The van der Waals surface area contributed by atoms with E-state index in [2.05, 4.69) is 30.5 Å². The fourth-order valence-electron chi connectivity index (χ4n) is 2.05. The van der Waals surface area contributed by atoms with Gasteiger partial charge in [-0.2, -0.15) is 5.10 Å². The Hall–Kier alpha value is -0.840. The predicted molar refractivity (Wildman–Crippen MR) is 82.0 cm³/mol. The van der Waals surface area contributed by atoms with Crippen molar-refractivity contribution in [1.29, 1.82) is 0 Å². The summed E-state index contributed by atoms with van der Waals surface area (Å²) in [4.78, 5) is 1.22. The number of hydrogen-bond donors (Lipinski definition) is 1. The number of thiophene rings is 1. The van der Waals surface area contributed by atoms with Gasteiger partial charge in [0.1, 0.15) is 0 Å². The second-order valence-corrected chi connectivity index (χ2v) is 5.90. The van der Waals surface area contributed by atoms with Crippen molar-refractivity contribution >= 4 is 22.9 Å². The molecule has 0 aliphatic carbocycles. The van der Waals surface area contributed by atoms with Gasteiger partial charge < -0.3 is 5.32 Å². The topological polar surface area (TPSA) is 29.9 Å². The lowest BCUT2D eigenvalue weighted by Gasteiger charge is -2.17. The first-order valence-electron chi connectivity index (χ1n) is 6.72. The van der Waals surface area contributed by atoms with Gasteiger partial charge in [0.25, 0.3) is 0 Å². The van der Waals surface area contributed by atoms with Crippen molar-refractivity contribution in [2.75, 3.05) is 6.54 Å². The molecule has 0 spiro atoms. The number of nitrogens with one attached hydrogen (secondary N) is 1. The lowest BCUT2D eigenvalue weighted by Crippen LogP contribution is -2.23. The molecule has 1 atom stereocenters. The van der Waals surface area contributed by atoms with Crippen LogP contribution in [0.3, 0.4) is 0 Å². The monoisotopic (exact) mass is 297 g/mol. The lowest BCUT2D eigenvalue weighted by molar-refractivity contribution is 0.536. The van der Waals surface area contributed by atoms with Crippen LogP contribution in [0.5, 0.6) is 0 Å². The van der Waals surface area contributed by atoms with Crippen LogP contribution >= 0.6 is 22.9 Å². The second-order valence-electron chi connectivity index (χ2n) is 4.55. The average molecular weight is 298 g/mol. The fourth-order valence-corrected chi connectivity index (χ4v) is 3.32. The van der Waals surface area contributed by atoms with Gasteiger partial charge in [-0.25, -0.2) is 0 Å². The molecule has 0 aliphatic heterocycles. The molecule has 0 amide bonds. The van der Waals surface area contributed by atoms with E-state index in [1.165, 1.54) is 10.4 Å². The zero-order chi connectivity index (χ0) is 13.7. The van der Waals surface area contributed by atoms with Gasteiger partial charge in [-0.05, 0) is 43.3 Å². The second kappa shape index (κ2) is 7.08. The van der Waals surface area contributed by atoms with Crippen molar-refractivity contribution in [3.05, 3.63) is 39.3 Å². The summed E-state index contributed by atoms with van der Waals surface area (Å²) in [6, 6.07) is 2.25. The van der Waals surface area contributed by atoms with Crippen LogP contribution in [0, 0.1) is 0 Å². The smallest absolute Gasteiger partial charge is 0.0561 e. The first-order chi connectivity index (χ1) is 9.24. The van der Waals surface area contributed by atoms with E-state index >= 15 is 0 Å². The van der Waals surface area contributed by atoms with E-state index in [0.717, 1.165) is 31.0 Å². The number of aryl methyl sites for hydroxylation is 1. The van der Waals surface area contributed by atoms with Gasteiger partial charge in [0.05, 0.1) is 11.2 Å². The van der Waals surface area contributed by atoms with Gasteiger partial charge in [-0.3, -0.25) is 4.68 Å². The number of halogens is 1. The summed E-state index contributed by atoms with van der Waals surface area (Å²) in [6.45, 7) is 6.18. The molecule has 2 aromatic heterocycles. The molecule has 5 heteroatoms. The van der Waals surface area contributed by atoms with E-state index in [1.807, 2.05) is 22.3 Å². The molecule has 0 saturated heterocycles. The molecule has 1 N–H and O–H groups in total. The minimum atomic E-state index is 0.280. The van der Waals surface area contributed by atoms with E-state index in [4.69, 9.17) is 11.6 Å². The molecule has 104 valence electrons. The zero-order valence-corrected chi connectivity index (χ0v) is 13.0. The van der Waals surface area contributed by atoms with Gasteiger partial charge in [0.15, 0.2) is 0 Å². The van der Waals surface area contributed by atoms with Crippen LogP contribution < -0.4 is 5.32 Å². The molecular formula is C14H20ClN3S. The van der Waals surface area contributed by atoms with Crippen LogP contribution in [0.25, 0.3) is 0 Å². The summed E-state index contributed by atoms with van der Waals surface area (Å²) in [7, 11) is 0. The van der Waals surface area contributed by atoms with Gasteiger partial charge >= 0.3 is 0 Å². The Morgan fingerprint density at radius 2 is 2.32 bits per heavy atom. The van der Waals surface area contributed by atoms with Crippen LogP contribution in [0.4, 0.5) is 0 Å².